The van der Waals surface area contributed by atoms with Gasteiger partial charge in [0.25, 0.3) is 0 Å². The van der Waals surface area contributed by atoms with E-state index in [0.717, 1.165) is 17.7 Å². The van der Waals surface area contributed by atoms with Crippen LogP contribution in [0.15, 0.2) is 71.3 Å². The molecule has 0 aromatic heterocycles. The quantitative estimate of drug-likeness (QED) is 0.847. The zero-order chi connectivity index (χ0) is 15.4. The Labute approximate surface area is 133 Å². The first kappa shape index (κ1) is 14.7. The Kier molecular flexibility index (Phi) is 4.49. The molecule has 1 aliphatic heterocycles. The number of rotatable bonds is 5. The molecule has 0 spiro atoms. The number of carbonyl (C=O) groups is 1. The summed E-state index contributed by atoms with van der Waals surface area (Å²) < 4.78 is 5.29. The summed E-state index contributed by atoms with van der Waals surface area (Å²) in [4.78, 5) is 12.3. The summed E-state index contributed by atoms with van der Waals surface area (Å²) in [5.74, 6) is 0.304. The van der Waals surface area contributed by atoms with Crippen molar-refractivity contribution in [1.82, 2.24) is 0 Å². The average molecular weight is 312 g/mol. The second-order valence-electron chi connectivity index (χ2n) is 4.99. The van der Waals surface area contributed by atoms with E-state index in [-0.39, 0.29) is 5.76 Å². The first-order valence-electron chi connectivity index (χ1n) is 7.11. The van der Waals surface area contributed by atoms with E-state index in [2.05, 4.69) is 12.1 Å². The van der Waals surface area contributed by atoms with E-state index in [4.69, 9.17) is 4.74 Å². The predicted octanol–water partition coefficient (Wildman–Crippen LogP) is 4.03. The molecule has 112 valence electrons. The summed E-state index contributed by atoms with van der Waals surface area (Å²) in [6, 6.07) is 19.3. The maximum atomic E-state index is 11.9. The third kappa shape index (κ3) is 3.17. The molecule has 1 atom stereocenters. The number of aryl methyl sites for hydroxylation is 1. The lowest BCUT2D eigenvalue weighted by atomic mass is 10.1. The monoisotopic (exact) mass is 312 g/mol. The maximum Gasteiger partial charge on any atom is 0.349 e. The van der Waals surface area contributed by atoms with E-state index >= 15 is 0 Å². The summed E-state index contributed by atoms with van der Waals surface area (Å²) in [7, 11) is 0. The van der Waals surface area contributed by atoms with E-state index in [1.165, 1.54) is 17.3 Å². The number of aliphatic hydroxyl groups excluding tert-OH is 1. The number of carbonyl (C=O) groups excluding carboxylic acids is 1. The van der Waals surface area contributed by atoms with Gasteiger partial charge in [0.15, 0.2) is 11.9 Å². The average Bonchev–Trinajstić information content (AvgIpc) is 2.85. The molecule has 0 amide bonds. The molecule has 0 aliphatic carbocycles. The van der Waals surface area contributed by atoms with Crippen molar-refractivity contribution in [1.29, 1.82) is 0 Å². The third-order valence-electron chi connectivity index (χ3n) is 3.47. The second-order valence-corrected chi connectivity index (χ2v) is 6.10. The molecule has 0 saturated heterocycles. The zero-order valence-corrected chi connectivity index (χ0v) is 12.8. The van der Waals surface area contributed by atoms with Gasteiger partial charge in [0.2, 0.25) is 0 Å². The maximum absolute atomic E-state index is 11.9. The topological polar surface area (TPSA) is 46.5 Å². The van der Waals surface area contributed by atoms with Gasteiger partial charge >= 0.3 is 5.97 Å². The van der Waals surface area contributed by atoms with Crippen LogP contribution in [0.3, 0.4) is 0 Å². The van der Waals surface area contributed by atoms with Crippen LogP contribution in [0.4, 0.5) is 0 Å². The largest absolute Gasteiger partial charge is 0.507 e. The second kappa shape index (κ2) is 6.71. The van der Waals surface area contributed by atoms with E-state index in [1.807, 2.05) is 48.5 Å². The molecule has 1 unspecified atom stereocenters. The molecule has 0 bridgehead atoms. The number of hydrogen-bond acceptors (Lipinski definition) is 4. The van der Waals surface area contributed by atoms with Crippen LogP contribution in [-0.2, 0) is 16.0 Å². The van der Waals surface area contributed by atoms with Gasteiger partial charge in [0.05, 0.1) is 0 Å². The van der Waals surface area contributed by atoms with Crippen molar-refractivity contribution < 1.29 is 14.6 Å². The fourth-order valence-corrected chi connectivity index (χ4v) is 3.31. The molecule has 22 heavy (non-hydrogen) atoms. The highest BCUT2D eigenvalue weighted by molar-refractivity contribution is 8.04. The Morgan fingerprint density at radius 2 is 1.64 bits per heavy atom. The lowest BCUT2D eigenvalue weighted by Gasteiger charge is -2.09. The number of hydrogen-bond donors (Lipinski definition) is 1. The minimum absolute atomic E-state index is 0.0225. The van der Waals surface area contributed by atoms with Crippen molar-refractivity contribution >= 4 is 17.7 Å². The van der Waals surface area contributed by atoms with Crippen LogP contribution in [0.2, 0.25) is 0 Å². The van der Waals surface area contributed by atoms with Crippen LogP contribution in [0.5, 0.6) is 0 Å². The summed E-state index contributed by atoms with van der Waals surface area (Å²) in [6.45, 7) is 0. The molecule has 0 fully saturated rings. The van der Waals surface area contributed by atoms with Gasteiger partial charge in [-0.15, -0.1) is 11.8 Å². The van der Waals surface area contributed by atoms with Gasteiger partial charge in [0, 0.05) is 11.3 Å². The van der Waals surface area contributed by atoms with E-state index in [1.54, 1.807) is 0 Å². The molecule has 2 aromatic rings. The number of esters is 1. The molecule has 0 radical (unpaired) electrons. The first-order chi connectivity index (χ1) is 10.8. The normalized spacial score (nSPS) is 17.6. The molecular formula is C18H16O3S. The van der Waals surface area contributed by atoms with E-state index < -0.39 is 12.1 Å². The Morgan fingerprint density at radius 3 is 2.32 bits per heavy atom. The first-order valence-corrected chi connectivity index (χ1v) is 8.10. The number of cyclic esters (lactones) is 1. The Hall–Kier alpha value is -2.20. The standard InChI is InChI=1S/C18H16O3S/c19-15-16(14-9-5-2-6-10-14)21-18(20)17(15)22-12-11-13-7-3-1-4-8-13/h1-10,16,19H,11-12H2. The minimum atomic E-state index is -0.673. The zero-order valence-electron chi connectivity index (χ0n) is 11.9. The van der Waals surface area contributed by atoms with Crippen LogP contribution in [-0.4, -0.2) is 16.8 Å². The number of aliphatic hydroxyl groups is 1. The van der Waals surface area contributed by atoms with Crippen molar-refractivity contribution in [3.63, 3.8) is 0 Å². The molecule has 1 heterocycles. The van der Waals surface area contributed by atoms with Crippen LogP contribution in [0, 0.1) is 0 Å². The Bertz CT molecular complexity index is 680. The van der Waals surface area contributed by atoms with Crippen molar-refractivity contribution in [2.45, 2.75) is 12.5 Å². The van der Waals surface area contributed by atoms with Crippen LogP contribution < -0.4 is 0 Å². The number of benzene rings is 2. The molecular weight excluding hydrogens is 296 g/mol. The summed E-state index contributed by atoms with van der Waals surface area (Å²) >= 11 is 1.35. The van der Waals surface area contributed by atoms with Crippen LogP contribution in [0.25, 0.3) is 0 Å². The smallest absolute Gasteiger partial charge is 0.349 e. The fraction of sp³-hybridized carbons (Fsp3) is 0.167. The molecule has 2 aromatic carbocycles. The lowest BCUT2D eigenvalue weighted by Crippen LogP contribution is -2.02. The fourth-order valence-electron chi connectivity index (χ4n) is 2.34. The minimum Gasteiger partial charge on any atom is -0.507 e. The van der Waals surface area contributed by atoms with Gasteiger partial charge in [-0.3, -0.25) is 0 Å². The van der Waals surface area contributed by atoms with Crippen LogP contribution in [0.1, 0.15) is 17.2 Å². The highest BCUT2D eigenvalue weighted by Gasteiger charge is 2.35. The van der Waals surface area contributed by atoms with Gasteiger partial charge in [-0.05, 0) is 12.0 Å². The van der Waals surface area contributed by atoms with Gasteiger partial charge < -0.3 is 9.84 Å². The van der Waals surface area contributed by atoms with Gasteiger partial charge in [0.1, 0.15) is 4.91 Å². The Balaban J connectivity index is 1.67. The van der Waals surface area contributed by atoms with Crippen molar-refractivity contribution in [2.24, 2.45) is 0 Å². The third-order valence-corrected chi connectivity index (χ3v) is 4.55. The molecule has 1 N–H and O–H groups in total. The van der Waals surface area contributed by atoms with Gasteiger partial charge in [-0.25, -0.2) is 4.79 Å². The number of thioether (sulfide) groups is 1. The molecule has 3 nitrogen and oxygen atoms in total. The summed E-state index contributed by atoms with van der Waals surface area (Å²) in [5.41, 5.74) is 1.99. The highest BCUT2D eigenvalue weighted by atomic mass is 32.2. The summed E-state index contributed by atoms with van der Waals surface area (Å²) in [6.07, 6.45) is 0.166. The lowest BCUT2D eigenvalue weighted by molar-refractivity contribution is -0.139. The molecule has 1 aliphatic rings. The number of ether oxygens (including phenoxy) is 1. The SMILES string of the molecule is O=C1OC(c2ccccc2)C(O)=C1SCCc1ccccc1. The van der Waals surface area contributed by atoms with Gasteiger partial charge in [-0.2, -0.15) is 0 Å². The van der Waals surface area contributed by atoms with Crippen LogP contribution >= 0.6 is 11.8 Å². The van der Waals surface area contributed by atoms with E-state index in [9.17, 15) is 9.90 Å². The van der Waals surface area contributed by atoms with E-state index in [0.29, 0.717) is 4.91 Å². The van der Waals surface area contributed by atoms with Crippen molar-refractivity contribution in [3.05, 3.63) is 82.5 Å². The molecule has 3 rings (SSSR count). The van der Waals surface area contributed by atoms with Crippen molar-refractivity contribution in [2.75, 3.05) is 5.75 Å². The highest BCUT2D eigenvalue weighted by Crippen LogP contribution is 2.38. The van der Waals surface area contributed by atoms with Gasteiger partial charge in [-0.1, -0.05) is 60.7 Å². The molecule has 0 saturated carbocycles. The summed E-state index contributed by atoms with van der Waals surface area (Å²) in [5, 5.41) is 10.3. The Morgan fingerprint density at radius 1 is 1.00 bits per heavy atom. The van der Waals surface area contributed by atoms with Crippen molar-refractivity contribution in [3.8, 4) is 0 Å². The predicted molar refractivity (Wildman–Crippen MR) is 87.5 cm³/mol. The molecule has 4 heteroatoms.